The molecule has 0 aliphatic heterocycles. The molecule has 16 nitrogen and oxygen atoms in total. The fourth-order valence-electron chi connectivity index (χ4n) is 6.07. The standard InChI is InChI=1S/C41H75N5O11S/c1-4-7-10-13-16-19-22-36(50)42-32(41(55)43-35-26-46(45-44-35)25-33(48)39(53)40(54)34(49)27-47)30-58-29-31(57-38(52)24-21-18-15-12-9-6-3)28-56-37(51)23-20-17-14-11-8-5-2/h26,31-34,39-40,47-49,53-54H,4-25,27-30H2,1-3H3,(H,42,50)(H,43,55)/t31-,32-,33+,34-,39+,40-/m1/s1. The molecule has 58 heavy (non-hydrogen) atoms. The lowest BCUT2D eigenvalue weighted by Crippen LogP contribution is -2.47. The Hall–Kier alpha value is -2.83. The molecule has 0 saturated heterocycles. The molecule has 0 saturated carbocycles. The zero-order valence-electron chi connectivity index (χ0n) is 35.4. The van der Waals surface area contributed by atoms with Crippen LogP contribution in [-0.4, -0.2) is 126 Å². The first-order valence-corrected chi connectivity index (χ1v) is 22.9. The zero-order valence-corrected chi connectivity index (χ0v) is 36.2. The Kier molecular flexibility index (Phi) is 31.1. The number of ether oxygens (including phenoxy) is 2. The van der Waals surface area contributed by atoms with E-state index in [-0.39, 0.29) is 67.6 Å². The van der Waals surface area contributed by atoms with Gasteiger partial charge < -0.3 is 45.6 Å². The van der Waals surface area contributed by atoms with Gasteiger partial charge in [0.1, 0.15) is 43.2 Å². The highest BCUT2D eigenvalue weighted by atomic mass is 32.2. The molecule has 0 aromatic carbocycles. The third-order valence-electron chi connectivity index (χ3n) is 9.68. The van der Waals surface area contributed by atoms with Gasteiger partial charge in [-0.05, 0) is 19.3 Å². The lowest BCUT2D eigenvalue weighted by molar-refractivity contribution is -0.157. The molecule has 1 rings (SSSR count). The highest BCUT2D eigenvalue weighted by Crippen LogP contribution is 2.16. The largest absolute Gasteiger partial charge is 0.462 e. The Morgan fingerprint density at radius 3 is 1.79 bits per heavy atom. The second-order valence-corrected chi connectivity index (χ2v) is 16.2. The maximum Gasteiger partial charge on any atom is 0.306 e. The summed E-state index contributed by atoms with van der Waals surface area (Å²) in [6.07, 6.45) is 12.6. The number of aromatic nitrogens is 3. The minimum Gasteiger partial charge on any atom is -0.462 e. The number of nitrogens with zero attached hydrogens (tertiary/aromatic N) is 3. The zero-order chi connectivity index (χ0) is 43.0. The van der Waals surface area contributed by atoms with Crippen molar-refractivity contribution in [2.75, 3.05) is 30.0 Å². The van der Waals surface area contributed by atoms with Crippen LogP contribution >= 0.6 is 11.8 Å². The van der Waals surface area contributed by atoms with E-state index < -0.39 is 49.1 Å². The van der Waals surface area contributed by atoms with Gasteiger partial charge in [-0.3, -0.25) is 19.2 Å². The summed E-state index contributed by atoms with van der Waals surface area (Å²) in [5.41, 5.74) is 0. The van der Waals surface area contributed by atoms with Gasteiger partial charge in [-0.2, -0.15) is 11.8 Å². The predicted molar refractivity (Wildman–Crippen MR) is 224 cm³/mol. The van der Waals surface area contributed by atoms with Crippen molar-refractivity contribution in [1.82, 2.24) is 20.3 Å². The molecule has 1 heterocycles. The molecule has 0 spiro atoms. The fraction of sp³-hybridized carbons (Fsp3) is 0.854. The van der Waals surface area contributed by atoms with Gasteiger partial charge in [0.15, 0.2) is 5.82 Å². The minimum absolute atomic E-state index is 0.0124. The Bertz CT molecular complexity index is 1240. The number of nitrogens with one attached hydrogen (secondary N) is 2. The third kappa shape index (κ3) is 25.6. The summed E-state index contributed by atoms with van der Waals surface area (Å²) < 4.78 is 12.4. The number of aliphatic hydroxyl groups is 5. The normalized spacial score (nSPS) is 14.6. The van der Waals surface area contributed by atoms with Gasteiger partial charge >= 0.3 is 11.9 Å². The van der Waals surface area contributed by atoms with E-state index in [0.29, 0.717) is 12.8 Å². The van der Waals surface area contributed by atoms with E-state index in [1.807, 2.05) is 0 Å². The monoisotopic (exact) mass is 846 g/mol. The molecular weight excluding hydrogens is 771 g/mol. The first-order chi connectivity index (χ1) is 27.9. The van der Waals surface area contributed by atoms with E-state index in [4.69, 9.17) is 14.6 Å². The van der Waals surface area contributed by atoms with Gasteiger partial charge in [0.2, 0.25) is 11.8 Å². The summed E-state index contributed by atoms with van der Waals surface area (Å²) >= 11 is 1.26. The number of anilines is 1. The third-order valence-corrected chi connectivity index (χ3v) is 10.9. The number of aliphatic hydroxyl groups excluding tert-OH is 5. The van der Waals surface area contributed by atoms with E-state index in [9.17, 15) is 39.6 Å². The summed E-state index contributed by atoms with van der Waals surface area (Å²) in [5.74, 6) is -1.35. The summed E-state index contributed by atoms with van der Waals surface area (Å²) in [6, 6.07) is -1.03. The molecule has 0 bridgehead atoms. The van der Waals surface area contributed by atoms with Crippen LogP contribution in [0.4, 0.5) is 5.82 Å². The molecule has 7 N–H and O–H groups in total. The van der Waals surface area contributed by atoms with Crippen LogP contribution in [0.5, 0.6) is 0 Å². The average Bonchev–Trinajstić information content (AvgIpc) is 3.65. The number of esters is 2. The van der Waals surface area contributed by atoms with Crippen molar-refractivity contribution in [3.05, 3.63) is 6.20 Å². The maximum absolute atomic E-state index is 13.6. The number of amides is 2. The Balaban J connectivity index is 2.96. The number of unbranched alkanes of at least 4 members (excludes halogenated alkanes) is 15. The van der Waals surface area contributed by atoms with Crippen molar-refractivity contribution < 1.29 is 54.2 Å². The molecule has 0 aliphatic carbocycles. The highest BCUT2D eigenvalue weighted by Gasteiger charge is 2.31. The molecule has 0 radical (unpaired) electrons. The van der Waals surface area contributed by atoms with Gasteiger partial charge in [-0.1, -0.05) is 122 Å². The van der Waals surface area contributed by atoms with Crippen molar-refractivity contribution in [2.24, 2.45) is 0 Å². The fourth-order valence-corrected chi connectivity index (χ4v) is 7.11. The topological polar surface area (TPSA) is 243 Å². The molecule has 0 unspecified atom stereocenters. The summed E-state index contributed by atoms with van der Waals surface area (Å²) in [6.45, 7) is 5.13. The number of thioether (sulfide) groups is 1. The van der Waals surface area contributed by atoms with Crippen LogP contribution in [0.1, 0.15) is 156 Å². The van der Waals surface area contributed by atoms with Crippen LogP contribution in [0.15, 0.2) is 6.20 Å². The molecule has 0 fully saturated rings. The van der Waals surface area contributed by atoms with E-state index in [1.54, 1.807) is 0 Å². The number of hydrogen-bond acceptors (Lipinski definition) is 14. The van der Waals surface area contributed by atoms with Crippen molar-refractivity contribution in [2.45, 2.75) is 199 Å². The van der Waals surface area contributed by atoms with E-state index in [2.05, 4.69) is 41.7 Å². The van der Waals surface area contributed by atoms with Crippen LogP contribution in [0.25, 0.3) is 0 Å². The van der Waals surface area contributed by atoms with Crippen molar-refractivity contribution in [3.63, 3.8) is 0 Å². The number of rotatable bonds is 37. The van der Waals surface area contributed by atoms with Crippen LogP contribution in [0.3, 0.4) is 0 Å². The molecule has 6 atom stereocenters. The molecule has 1 aromatic rings. The molecule has 2 amide bonds. The predicted octanol–water partition coefficient (Wildman–Crippen LogP) is 4.58. The number of hydrogen-bond donors (Lipinski definition) is 7. The second kappa shape index (κ2) is 33.9. The van der Waals surface area contributed by atoms with Gasteiger partial charge in [0, 0.05) is 30.8 Å². The quantitative estimate of drug-likeness (QED) is 0.0359. The summed E-state index contributed by atoms with van der Waals surface area (Å²) in [5, 5.41) is 62.2. The molecule has 17 heteroatoms. The minimum atomic E-state index is -1.82. The Morgan fingerprint density at radius 2 is 1.22 bits per heavy atom. The lowest BCUT2D eigenvalue weighted by Gasteiger charge is -2.25. The van der Waals surface area contributed by atoms with Crippen LogP contribution in [0.2, 0.25) is 0 Å². The van der Waals surface area contributed by atoms with Gasteiger partial charge in [-0.15, -0.1) is 5.10 Å². The Morgan fingerprint density at radius 1 is 0.707 bits per heavy atom. The summed E-state index contributed by atoms with van der Waals surface area (Å²) in [7, 11) is 0. The van der Waals surface area contributed by atoms with Gasteiger partial charge in [0.05, 0.1) is 19.3 Å². The average molecular weight is 846 g/mol. The van der Waals surface area contributed by atoms with Crippen LogP contribution in [-0.2, 0) is 35.2 Å². The molecule has 1 aromatic heterocycles. The highest BCUT2D eigenvalue weighted by molar-refractivity contribution is 7.99. The van der Waals surface area contributed by atoms with Crippen molar-refractivity contribution in [3.8, 4) is 0 Å². The number of carbonyl (C=O) groups excluding carboxylic acids is 4. The van der Waals surface area contributed by atoms with Gasteiger partial charge in [0.25, 0.3) is 0 Å². The van der Waals surface area contributed by atoms with Crippen LogP contribution < -0.4 is 10.6 Å². The lowest BCUT2D eigenvalue weighted by atomic mass is 10.0. The first-order valence-electron chi connectivity index (χ1n) is 21.7. The summed E-state index contributed by atoms with van der Waals surface area (Å²) in [4.78, 5) is 52.0. The van der Waals surface area contributed by atoms with Crippen molar-refractivity contribution >= 4 is 41.3 Å². The SMILES string of the molecule is CCCCCCCCC(=O)N[C@H](CSC[C@@H](COC(=O)CCCCCCCC)OC(=O)CCCCCCCC)C(=O)Nc1cn(C[C@H](O)[C@H](O)[C@H](O)[C@H](O)CO)nn1. The van der Waals surface area contributed by atoms with E-state index in [1.165, 1.54) is 24.4 Å². The molecule has 336 valence electrons. The van der Waals surface area contributed by atoms with E-state index >= 15 is 0 Å². The molecule has 0 aliphatic rings. The van der Waals surface area contributed by atoms with Crippen LogP contribution in [0, 0.1) is 0 Å². The van der Waals surface area contributed by atoms with Crippen molar-refractivity contribution in [1.29, 1.82) is 0 Å². The maximum atomic E-state index is 13.6. The van der Waals surface area contributed by atoms with E-state index in [0.717, 1.165) is 101 Å². The number of carbonyl (C=O) groups is 4. The Labute approximate surface area is 350 Å². The van der Waals surface area contributed by atoms with Gasteiger partial charge in [-0.25, -0.2) is 4.68 Å². The molecular formula is C41H75N5O11S. The second-order valence-electron chi connectivity index (χ2n) is 15.1. The smallest absolute Gasteiger partial charge is 0.306 e. The first kappa shape index (κ1) is 53.2.